The monoisotopic (exact) mass is 271 g/mol. The van der Waals surface area contributed by atoms with Crippen LogP contribution in [0.4, 0.5) is 0 Å². The Bertz CT molecular complexity index is 513. The minimum Gasteiger partial charge on any atom is -0.491 e. The molecule has 2 rings (SSSR count). The molecule has 0 bridgehead atoms. The normalized spacial score (nSPS) is 12.1. The second-order valence-electron chi connectivity index (χ2n) is 4.58. The van der Waals surface area contributed by atoms with Gasteiger partial charge in [0.25, 0.3) is 0 Å². The van der Waals surface area contributed by atoms with Gasteiger partial charge in [-0.1, -0.05) is 48.5 Å². The van der Waals surface area contributed by atoms with Gasteiger partial charge in [0.1, 0.15) is 12.4 Å². The van der Waals surface area contributed by atoms with E-state index in [1.165, 1.54) is 5.56 Å². The second-order valence-corrected chi connectivity index (χ2v) is 4.58. The first-order valence-electron chi connectivity index (χ1n) is 6.88. The lowest BCUT2D eigenvalue weighted by Gasteiger charge is -2.14. The minimum atomic E-state index is 0.0737. The van der Waals surface area contributed by atoms with Crippen LogP contribution in [0.5, 0.6) is 5.75 Å². The van der Waals surface area contributed by atoms with Crippen LogP contribution in [0.3, 0.4) is 0 Å². The van der Waals surface area contributed by atoms with E-state index in [2.05, 4.69) is 12.1 Å². The molecule has 0 saturated heterocycles. The maximum Gasteiger partial charge on any atom is 0.123 e. The zero-order chi connectivity index (χ0) is 14.2. The fraction of sp³-hybridized carbons (Fsp3) is 0.294. The maximum absolute atomic E-state index is 5.77. The average molecular weight is 271 g/mol. The lowest BCUT2D eigenvalue weighted by atomic mass is 10.1. The van der Waals surface area contributed by atoms with E-state index >= 15 is 0 Å². The summed E-state index contributed by atoms with van der Waals surface area (Å²) < 4.78 is 11.5. The largest absolute Gasteiger partial charge is 0.491 e. The third-order valence-electron chi connectivity index (χ3n) is 3.17. The Kier molecular flexibility index (Phi) is 5.59. The molecule has 0 aliphatic carbocycles. The van der Waals surface area contributed by atoms with Gasteiger partial charge in [0.2, 0.25) is 0 Å². The molecule has 2 aromatic carbocycles. The number of para-hydroxylation sites is 1. The van der Waals surface area contributed by atoms with Gasteiger partial charge in [0, 0.05) is 12.1 Å². The highest BCUT2D eigenvalue weighted by Gasteiger charge is 2.05. The summed E-state index contributed by atoms with van der Waals surface area (Å²) in [6.07, 6.45) is 0.0737. The molecular formula is C17H21NO2. The molecule has 2 N–H and O–H groups in total. The van der Waals surface area contributed by atoms with Crippen LogP contribution in [0.2, 0.25) is 0 Å². The van der Waals surface area contributed by atoms with Gasteiger partial charge in [-0.2, -0.15) is 0 Å². The molecular weight excluding hydrogens is 250 g/mol. The molecule has 0 radical (unpaired) electrons. The molecule has 1 atom stereocenters. The highest BCUT2D eigenvalue weighted by Crippen LogP contribution is 2.18. The molecule has 1 unspecified atom stereocenters. The Balaban J connectivity index is 1.76. The first-order chi connectivity index (χ1) is 9.81. The molecule has 20 heavy (non-hydrogen) atoms. The molecule has 3 nitrogen and oxygen atoms in total. The summed E-state index contributed by atoms with van der Waals surface area (Å²) in [4.78, 5) is 0. The van der Waals surface area contributed by atoms with Crippen LogP contribution < -0.4 is 10.5 Å². The van der Waals surface area contributed by atoms with E-state index in [1.807, 2.05) is 49.4 Å². The van der Waals surface area contributed by atoms with Crippen molar-refractivity contribution in [3.05, 3.63) is 65.7 Å². The Morgan fingerprint density at radius 2 is 1.65 bits per heavy atom. The number of nitrogens with two attached hydrogens (primary N) is 1. The van der Waals surface area contributed by atoms with E-state index in [-0.39, 0.29) is 6.10 Å². The van der Waals surface area contributed by atoms with Gasteiger partial charge in [0.05, 0.1) is 12.7 Å². The maximum atomic E-state index is 5.77. The minimum absolute atomic E-state index is 0.0737. The molecule has 3 heteroatoms. The summed E-state index contributed by atoms with van der Waals surface area (Å²) in [5.41, 5.74) is 7.86. The van der Waals surface area contributed by atoms with Crippen molar-refractivity contribution in [2.45, 2.75) is 19.6 Å². The zero-order valence-corrected chi connectivity index (χ0v) is 11.8. The smallest absolute Gasteiger partial charge is 0.123 e. The third-order valence-corrected chi connectivity index (χ3v) is 3.17. The summed E-state index contributed by atoms with van der Waals surface area (Å²) in [5, 5.41) is 0. The standard InChI is InChI=1S/C17H21NO2/c1-14(15-7-3-2-4-8-15)19-11-12-20-17-10-6-5-9-16(17)13-18/h2-10,14H,11-13,18H2,1H3. The second kappa shape index (κ2) is 7.68. The van der Waals surface area contributed by atoms with Gasteiger partial charge >= 0.3 is 0 Å². The van der Waals surface area contributed by atoms with Crippen molar-refractivity contribution in [2.75, 3.05) is 13.2 Å². The highest BCUT2D eigenvalue weighted by atomic mass is 16.5. The summed E-state index contributed by atoms with van der Waals surface area (Å²) in [6.45, 7) is 3.60. The summed E-state index contributed by atoms with van der Waals surface area (Å²) in [6, 6.07) is 18.0. The van der Waals surface area contributed by atoms with E-state index in [1.54, 1.807) is 0 Å². The average Bonchev–Trinajstić information content (AvgIpc) is 2.52. The fourth-order valence-electron chi connectivity index (χ4n) is 2.01. The first-order valence-corrected chi connectivity index (χ1v) is 6.88. The molecule has 0 fully saturated rings. The predicted octanol–water partition coefficient (Wildman–Crippen LogP) is 3.30. The molecule has 2 aromatic rings. The van der Waals surface area contributed by atoms with Gasteiger partial charge in [-0.3, -0.25) is 0 Å². The summed E-state index contributed by atoms with van der Waals surface area (Å²) in [7, 11) is 0. The Morgan fingerprint density at radius 3 is 2.40 bits per heavy atom. The lowest BCUT2D eigenvalue weighted by molar-refractivity contribution is 0.0438. The third kappa shape index (κ3) is 4.08. The molecule has 0 saturated carbocycles. The molecule has 0 aliphatic heterocycles. The molecule has 0 amide bonds. The van der Waals surface area contributed by atoms with Crippen LogP contribution in [-0.2, 0) is 11.3 Å². The Morgan fingerprint density at radius 1 is 0.950 bits per heavy atom. The fourth-order valence-corrected chi connectivity index (χ4v) is 2.01. The molecule has 0 aromatic heterocycles. The topological polar surface area (TPSA) is 44.5 Å². The van der Waals surface area contributed by atoms with E-state index < -0.39 is 0 Å². The van der Waals surface area contributed by atoms with Gasteiger partial charge in [-0.15, -0.1) is 0 Å². The van der Waals surface area contributed by atoms with Crippen LogP contribution in [0.25, 0.3) is 0 Å². The van der Waals surface area contributed by atoms with E-state index in [0.29, 0.717) is 19.8 Å². The van der Waals surface area contributed by atoms with Gasteiger partial charge < -0.3 is 15.2 Å². The van der Waals surface area contributed by atoms with Crippen molar-refractivity contribution in [2.24, 2.45) is 5.73 Å². The van der Waals surface area contributed by atoms with Crippen molar-refractivity contribution in [1.29, 1.82) is 0 Å². The van der Waals surface area contributed by atoms with Gasteiger partial charge in [-0.25, -0.2) is 0 Å². The zero-order valence-electron chi connectivity index (χ0n) is 11.8. The van der Waals surface area contributed by atoms with Crippen molar-refractivity contribution < 1.29 is 9.47 Å². The van der Waals surface area contributed by atoms with Crippen LogP contribution in [0.1, 0.15) is 24.2 Å². The summed E-state index contributed by atoms with van der Waals surface area (Å²) in [5.74, 6) is 0.839. The van der Waals surface area contributed by atoms with Crippen LogP contribution in [0, 0.1) is 0 Å². The Labute approximate surface area is 120 Å². The van der Waals surface area contributed by atoms with Crippen molar-refractivity contribution >= 4 is 0 Å². The van der Waals surface area contributed by atoms with E-state index in [0.717, 1.165) is 11.3 Å². The van der Waals surface area contributed by atoms with Crippen LogP contribution in [-0.4, -0.2) is 13.2 Å². The first kappa shape index (κ1) is 14.6. The van der Waals surface area contributed by atoms with E-state index in [4.69, 9.17) is 15.2 Å². The number of hydrogen-bond donors (Lipinski definition) is 1. The number of rotatable bonds is 7. The molecule has 0 spiro atoms. The van der Waals surface area contributed by atoms with Crippen LogP contribution >= 0.6 is 0 Å². The SMILES string of the molecule is CC(OCCOc1ccccc1CN)c1ccccc1. The molecule has 0 aliphatic rings. The summed E-state index contributed by atoms with van der Waals surface area (Å²) >= 11 is 0. The number of ether oxygens (including phenoxy) is 2. The van der Waals surface area contributed by atoms with Crippen LogP contribution in [0.15, 0.2) is 54.6 Å². The van der Waals surface area contributed by atoms with E-state index in [9.17, 15) is 0 Å². The highest BCUT2D eigenvalue weighted by molar-refractivity contribution is 5.32. The Hall–Kier alpha value is -1.84. The predicted molar refractivity (Wildman–Crippen MR) is 80.6 cm³/mol. The lowest BCUT2D eigenvalue weighted by Crippen LogP contribution is -2.11. The molecule has 106 valence electrons. The quantitative estimate of drug-likeness (QED) is 0.786. The van der Waals surface area contributed by atoms with Crippen molar-refractivity contribution in [3.8, 4) is 5.75 Å². The van der Waals surface area contributed by atoms with Gasteiger partial charge in [-0.05, 0) is 18.6 Å². The number of hydrogen-bond acceptors (Lipinski definition) is 3. The van der Waals surface area contributed by atoms with Crippen molar-refractivity contribution in [1.82, 2.24) is 0 Å². The van der Waals surface area contributed by atoms with Gasteiger partial charge in [0.15, 0.2) is 0 Å². The number of benzene rings is 2. The molecule has 0 heterocycles. The van der Waals surface area contributed by atoms with Crippen molar-refractivity contribution in [3.63, 3.8) is 0 Å².